The lowest BCUT2D eigenvalue weighted by atomic mass is 10.1. The Balaban J connectivity index is 1.35. The Labute approximate surface area is 230 Å². The normalized spacial score (nSPS) is 15.3. The number of benzene rings is 4. The molecule has 0 bridgehead atoms. The zero-order valence-corrected chi connectivity index (χ0v) is 22.3. The van der Waals surface area contributed by atoms with Gasteiger partial charge in [-0.05, 0) is 83.1 Å². The van der Waals surface area contributed by atoms with E-state index in [-0.39, 0.29) is 11.5 Å². The van der Waals surface area contributed by atoms with E-state index in [0.717, 1.165) is 16.5 Å². The number of amidine groups is 1. The first-order valence-corrected chi connectivity index (χ1v) is 13.2. The van der Waals surface area contributed by atoms with Crippen molar-refractivity contribution in [1.29, 1.82) is 0 Å². The molecule has 4 aromatic rings. The van der Waals surface area contributed by atoms with Crippen LogP contribution in [0.5, 0.6) is 11.5 Å². The number of likely N-dealkylation sites (N-methyl/N-ethyl adjacent to an activating group) is 1. The molecule has 0 saturated carbocycles. The third kappa shape index (κ3) is 5.81. The fraction of sp³-hybridized carbons (Fsp3) is 0.129. The Kier molecular flexibility index (Phi) is 7.65. The molecular formula is C31H26N2O5S. The molecule has 0 aliphatic carbocycles. The van der Waals surface area contributed by atoms with Crippen molar-refractivity contribution < 1.29 is 24.2 Å². The monoisotopic (exact) mass is 538 g/mol. The van der Waals surface area contributed by atoms with Gasteiger partial charge in [-0.1, -0.05) is 48.5 Å². The van der Waals surface area contributed by atoms with Gasteiger partial charge in [0.15, 0.2) is 16.7 Å². The Morgan fingerprint density at radius 2 is 1.79 bits per heavy atom. The molecule has 1 fully saturated rings. The molecule has 1 saturated heterocycles. The van der Waals surface area contributed by atoms with E-state index in [1.165, 1.54) is 29.3 Å². The number of nitrogens with zero attached hydrogens (tertiary/aromatic N) is 2. The Morgan fingerprint density at radius 3 is 2.56 bits per heavy atom. The quantitative estimate of drug-likeness (QED) is 0.250. The molecule has 8 heteroatoms. The lowest BCUT2D eigenvalue weighted by Gasteiger charge is -2.12. The summed E-state index contributed by atoms with van der Waals surface area (Å²) in [5.74, 6) is -0.0220. The molecule has 0 radical (unpaired) electrons. The molecule has 39 heavy (non-hydrogen) atoms. The van der Waals surface area contributed by atoms with Gasteiger partial charge in [0.05, 0.1) is 23.3 Å². The van der Waals surface area contributed by atoms with Gasteiger partial charge in [0.25, 0.3) is 5.91 Å². The summed E-state index contributed by atoms with van der Waals surface area (Å²) in [5.41, 5.74) is 2.45. The maximum atomic E-state index is 13.1. The van der Waals surface area contributed by atoms with E-state index in [9.17, 15) is 14.7 Å². The van der Waals surface area contributed by atoms with Gasteiger partial charge < -0.3 is 14.6 Å². The number of ether oxygens (including phenoxy) is 2. The van der Waals surface area contributed by atoms with Crippen molar-refractivity contribution in [3.63, 3.8) is 0 Å². The summed E-state index contributed by atoms with van der Waals surface area (Å²) in [5, 5.41) is 12.1. The number of aromatic carboxylic acids is 1. The predicted molar refractivity (Wildman–Crippen MR) is 155 cm³/mol. The lowest BCUT2D eigenvalue weighted by Crippen LogP contribution is -2.28. The zero-order chi connectivity index (χ0) is 27.4. The van der Waals surface area contributed by atoms with E-state index in [1.54, 1.807) is 30.2 Å². The number of fused-ring (bicyclic) bond motifs is 1. The number of rotatable bonds is 8. The van der Waals surface area contributed by atoms with Crippen LogP contribution in [0, 0.1) is 0 Å². The SMILES string of the molecule is CCN1C(=O)C(=Cc2ccc(OCc3ccc4ccccc4c3)c(OC)c2)SC1=Nc1cccc(C(=O)O)c1. The van der Waals surface area contributed by atoms with E-state index in [2.05, 4.69) is 29.3 Å². The van der Waals surface area contributed by atoms with E-state index < -0.39 is 5.97 Å². The molecule has 4 aromatic carbocycles. The van der Waals surface area contributed by atoms with Gasteiger partial charge in [-0.25, -0.2) is 9.79 Å². The average Bonchev–Trinajstić information content (AvgIpc) is 3.25. The molecule has 0 spiro atoms. The molecule has 1 aliphatic rings. The third-order valence-corrected chi connectivity index (χ3v) is 7.22. The molecule has 196 valence electrons. The van der Waals surface area contributed by atoms with Crippen molar-refractivity contribution in [2.24, 2.45) is 4.99 Å². The number of amides is 1. The van der Waals surface area contributed by atoms with Crippen LogP contribution >= 0.6 is 11.8 Å². The fourth-order valence-electron chi connectivity index (χ4n) is 4.22. The van der Waals surface area contributed by atoms with Crippen LogP contribution < -0.4 is 9.47 Å². The number of hydrogen-bond donors (Lipinski definition) is 1. The maximum Gasteiger partial charge on any atom is 0.335 e. The molecular weight excluding hydrogens is 512 g/mol. The van der Waals surface area contributed by atoms with Gasteiger partial charge in [-0.2, -0.15) is 0 Å². The second-order valence-corrected chi connectivity index (χ2v) is 9.80. The molecule has 0 atom stereocenters. The van der Waals surface area contributed by atoms with Crippen LogP contribution in [0.3, 0.4) is 0 Å². The fourth-order valence-corrected chi connectivity index (χ4v) is 5.29. The van der Waals surface area contributed by atoms with Crippen LogP contribution in [0.25, 0.3) is 16.8 Å². The molecule has 7 nitrogen and oxygen atoms in total. The van der Waals surface area contributed by atoms with Gasteiger partial charge in [0.1, 0.15) is 6.61 Å². The van der Waals surface area contributed by atoms with Crippen molar-refractivity contribution in [1.82, 2.24) is 4.90 Å². The number of hydrogen-bond acceptors (Lipinski definition) is 6. The van der Waals surface area contributed by atoms with Crippen LogP contribution in [-0.2, 0) is 11.4 Å². The minimum Gasteiger partial charge on any atom is -0.493 e. The second kappa shape index (κ2) is 11.4. The number of thioether (sulfide) groups is 1. The van der Waals surface area contributed by atoms with Crippen molar-refractivity contribution in [2.75, 3.05) is 13.7 Å². The summed E-state index contributed by atoms with van der Waals surface area (Å²) >= 11 is 1.25. The predicted octanol–water partition coefficient (Wildman–Crippen LogP) is 6.75. The second-order valence-electron chi connectivity index (χ2n) is 8.79. The smallest absolute Gasteiger partial charge is 0.335 e. The van der Waals surface area contributed by atoms with Crippen molar-refractivity contribution in [3.8, 4) is 11.5 Å². The van der Waals surface area contributed by atoms with Crippen molar-refractivity contribution in [2.45, 2.75) is 13.5 Å². The first-order valence-electron chi connectivity index (χ1n) is 12.4. The highest BCUT2D eigenvalue weighted by atomic mass is 32.2. The maximum absolute atomic E-state index is 13.1. The molecule has 1 heterocycles. The number of methoxy groups -OCH3 is 1. The topological polar surface area (TPSA) is 88.4 Å². The van der Waals surface area contributed by atoms with E-state index in [1.807, 2.05) is 43.3 Å². The Hall–Kier alpha value is -4.56. The van der Waals surface area contributed by atoms with Crippen LogP contribution in [0.4, 0.5) is 5.69 Å². The summed E-state index contributed by atoms with van der Waals surface area (Å²) in [6, 6.07) is 26.3. The number of carboxylic acid groups (broad SMARTS) is 1. The van der Waals surface area contributed by atoms with Crippen molar-refractivity contribution >= 4 is 51.3 Å². The number of aliphatic imine (C=N–C) groups is 1. The molecule has 0 aromatic heterocycles. The van der Waals surface area contributed by atoms with Gasteiger partial charge in [0, 0.05) is 6.54 Å². The highest BCUT2D eigenvalue weighted by Gasteiger charge is 2.32. The molecule has 0 unspecified atom stereocenters. The first-order chi connectivity index (χ1) is 18.9. The Bertz CT molecular complexity index is 1630. The highest BCUT2D eigenvalue weighted by molar-refractivity contribution is 8.18. The van der Waals surface area contributed by atoms with Gasteiger partial charge in [-0.3, -0.25) is 9.69 Å². The number of carboxylic acids is 1. The van der Waals surface area contributed by atoms with Crippen molar-refractivity contribution in [3.05, 3.63) is 107 Å². The van der Waals surface area contributed by atoms with E-state index in [4.69, 9.17) is 9.47 Å². The molecule has 1 aliphatic heterocycles. The number of carbonyl (C=O) groups is 2. The highest BCUT2D eigenvalue weighted by Crippen LogP contribution is 2.36. The van der Waals surface area contributed by atoms with E-state index in [0.29, 0.717) is 40.4 Å². The Morgan fingerprint density at radius 1 is 0.974 bits per heavy atom. The summed E-state index contributed by atoms with van der Waals surface area (Å²) in [6.45, 7) is 2.70. The third-order valence-electron chi connectivity index (χ3n) is 6.22. The zero-order valence-electron chi connectivity index (χ0n) is 21.5. The largest absolute Gasteiger partial charge is 0.493 e. The number of carbonyl (C=O) groups excluding carboxylic acids is 1. The molecule has 5 rings (SSSR count). The van der Waals surface area contributed by atoms with Gasteiger partial charge in [0.2, 0.25) is 0 Å². The summed E-state index contributed by atoms with van der Waals surface area (Å²) < 4.78 is 11.6. The minimum absolute atomic E-state index is 0.139. The first kappa shape index (κ1) is 26.1. The standard InChI is InChI=1S/C31H26N2O5S/c1-3-33-29(34)28(39-31(33)32-25-10-6-9-24(18-25)30(35)36)17-20-12-14-26(27(16-20)37-2)38-19-21-11-13-22-7-4-5-8-23(22)15-21/h4-18H,3,19H2,1-2H3,(H,35,36). The average molecular weight is 539 g/mol. The van der Waals surface area contributed by atoms with Gasteiger partial charge in [-0.15, -0.1) is 0 Å². The van der Waals surface area contributed by atoms with Gasteiger partial charge >= 0.3 is 5.97 Å². The minimum atomic E-state index is -1.03. The van der Waals surface area contributed by atoms with Crippen LogP contribution in [0.15, 0.2) is 94.8 Å². The summed E-state index contributed by atoms with van der Waals surface area (Å²) in [6.07, 6.45) is 1.79. The van der Waals surface area contributed by atoms with E-state index >= 15 is 0 Å². The summed E-state index contributed by atoms with van der Waals surface area (Å²) in [7, 11) is 1.58. The summed E-state index contributed by atoms with van der Waals surface area (Å²) in [4.78, 5) is 31.0. The van der Waals surface area contributed by atoms with Crippen LogP contribution in [0.2, 0.25) is 0 Å². The van der Waals surface area contributed by atoms with Crippen LogP contribution in [0.1, 0.15) is 28.4 Å². The molecule has 1 N–H and O–H groups in total. The van der Waals surface area contributed by atoms with Crippen LogP contribution in [-0.4, -0.2) is 40.7 Å². The molecule has 1 amide bonds. The lowest BCUT2D eigenvalue weighted by molar-refractivity contribution is -0.122.